The summed E-state index contributed by atoms with van der Waals surface area (Å²) in [7, 11) is 0. The maximum absolute atomic E-state index is 12.1. The molecule has 1 N–H and O–H groups in total. The van der Waals surface area contributed by atoms with E-state index in [1.54, 1.807) is 36.4 Å². The van der Waals surface area contributed by atoms with Gasteiger partial charge in [0.25, 0.3) is 5.91 Å². The summed E-state index contributed by atoms with van der Waals surface area (Å²) >= 11 is 6.05. The van der Waals surface area contributed by atoms with Crippen molar-refractivity contribution in [2.45, 2.75) is 13.8 Å². The van der Waals surface area contributed by atoms with Crippen molar-refractivity contribution in [1.29, 1.82) is 0 Å². The number of aryl methyl sites for hydroxylation is 1. The zero-order valence-electron chi connectivity index (χ0n) is 11.2. The molecule has 2 rings (SSSR count). The molecule has 0 aliphatic heterocycles. The largest absolute Gasteiger partial charge is 0.322 e. The maximum atomic E-state index is 12.1. The van der Waals surface area contributed by atoms with Crippen molar-refractivity contribution in [2.75, 3.05) is 5.32 Å². The molecule has 4 heteroatoms. The van der Waals surface area contributed by atoms with E-state index in [4.69, 9.17) is 11.6 Å². The van der Waals surface area contributed by atoms with Crippen LogP contribution >= 0.6 is 11.6 Å². The smallest absolute Gasteiger partial charge is 0.257 e. The van der Waals surface area contributed by atoms with Gasteiger partial charge in [-0.25, -0.2) is 0 Å². The Hall–Kier alpha value is -2.13. The number of carbonyl (C=O) groups is 2. The molecule has 2 aromatic carbocycles. The van der Waals surface area contributed by atoms with Crippen molar-refractivity contribution in [2.24, 2.45) is 0 Å². The molecule has 0 unspecified atom stereocenters. The van der Waals surface area contributed by atoms with Gasteiger partial charge in [-0.2, -0.15) is 0 Å². The van der Waals surface area contributed by atoms with Crippen LogP contribution in [-0.4, -0.2) is 11.7 Å². The molecule has 102 valence electrons. The molecule has 3 nitrogen and oxygen atoms in total. The van der Waals surface area contributed by atoms with Gasteiger partial charge in [-0.3, -0.25) is 9.59 Å². The Balaban J connectivity index is 2.17. The quantitative estimate of drug-likeness (QED) is 0.864. The van der Waals surface area contributed by atoms with E-state index in [-0.39, 0.29) is 11.7 Å². The van der Waals surface area contributed by atoms with Crippen LogP contribution in [-0.2, 0) is 0 Å². The number of carbonyl (C=O) groups excluding carboxylic acids is 2. The van der Waals surface area contributed by atoms with E-state index in [1.807, 2.05) is 13.0 Å². The van der Waals surface area contributed by atoms with Gasteiger partial charge in [0.15, 0.2) is 5.78 Å². The Kier molecular flexibility index (Phi) is 4.20. The van der Waals surface area contributed by atoms with Gasteiger partial charge in [-0.15, -0.1) is 0 Å². The predicted molar refractivity (Wildman–Crippen MR) is 80.6 cm³/mol. The third-order valence-electron chi connectivity index (χ3n) is 2.92. The molecule has 2 aromatic rings. The zero-order valence-corrected chi connectivity index (χ0v) is 12.0. The van der Waals surface area contributed by atoms with E-state index in [0.717, 1.165) is 5.56 Å². The second-order valence-corrected chi connectivity index (χ2v) is 4.98. The van der Waals surface area contributed by atoms with E-state index in [2.05, 4.69) is 5.32 Å². The fourth-order valence-corrected chi connectivity index (χ4v) is 2.11. The fourth-order valence-electron chi connectivity index (χ4n) is 1.79. The summed E-state index contributed by atoms with van der Waals surface area (Å²) in [6.45, 7) is 3.41. The van der Waals surface area contributed by atoms with Gasteiger partial charge in [0.05, 0.1) is 10.6 Å². The molecule has 0 heterocycles. The number of benzene rings is 2. The summed E-state index contributed by atoms with van der Waals surface area (Å²) in [5.74, 6) is -0.282. The minimum atomic E-state index is -0.273. The standard InChI is InChI=1S/C16H14ClNO2/c1-10-3-8-14(15(17)9-10)16(20)18-13-6-4-12(5-7-13)11(2)19/h3-9H,1-2H3,(H,18,20). The topological polar surface area (TPSA) is 46.2 Å². The molecular formula is C16H14ClNO2. The molecule has 0 saturated carbocycles. The monoisotopic (exact) mass is 287 g/mol. The molecule has 0 saturated heterocycles. The lowest BCUT2D eigenvalue weighted by molar-refractivity contribution is 0.101. The van der Waals surface area contributed by atoms with Crippen molar-refractivity contribution in [3.63, 3.8) is 0 Å². The molecule has 0 aromatic heterocycles. The molecule has 20 heavy (non-hydrogen) atoms. The molecule has 0 atom stereocenters. The lowest BCUT2D eigenvalue weighted by atomic mass is 10.1. The highest BCUT2D eigenvalue weighted by atomic mass is 35.5. The van der Waals surface area contributed by atoms with Gasteiger partial charge in [0.2, 0.25) is 0 Å². The lowest BCUT2D eigenvalue weighted by Gasteiger charge is -2.07. The third kappa shape index (κ3) is 3.25. The van der Waals surface area contributed by atoms with Gasteiger partial charge >= 0.3 is 0 Å². The average molecular weight is 288 g/mol. The highest BCUT2D eigenvalue weighted by Gasteiger charge is 2.10. The number of anilines is 1. The summed E-state index contributed by atoms with van der Waals surface area (Å²) in [4.78, 5) is 23.3. The summed E-state index contributed by atoms with van der Waals surface area (Å²) < 4.78 is 0. The first-order valence-corrected chi connectivity index (χ1v) is 6.53. The van der Waals surface area contributed by atoms with Crippen molar-refractivity contribution in [3.8, 4) is 0 Å². The number of rotatable bonds is 3. The minimum Gasteiger partial charge on any atom is -0.322 e. The molecule has 0 bridgehead atoms. The second-order valence-electron chi connectivity index (χ2n) is 4.57. The summed E-state index contributed by atoms with van der Waals surface area (Å²) in [6.07, 6.45) is 0. The Morgan fingerprint density at radius 3 is 2.25 bits per heavy atom. The Labute approximate surface area is 122 Å². The number of hydrogen-bond donors (Lipinski definition) is 1. The van der Waals surface area contributed by atoms with Crippen LogP contribution in [0.15, 0.2) is 42.5 Å². The van der Waals surface area contributed by atoms with Gasteiger partial charge in [0, 0.05) is 11.3 Å². The van der Waals surface area contributed by atoms with Gasteiger partial charge in [0.1, 0.15) is 0 Å². The molecular weight excluding hydrogens is 274 g/mol. The highest BCUT2D eigenvalue weighted by Crippen LogP contribution is 2.19. The van der Waals surface area contributed by atoms with Crippen molar-refractivity contribution in [1.82, 2.24) is 0 Å². The number of Topliss-reactive ketones (excluding diaryl/α,β-unsaturated/α-hetero) is 1. The number of amides is 1. The van der Waals surface area contributed by atoms with Crippen LogP contribution < -0.4 is 5.32 Å². The predicted octanol–water partition coefficient (Wildman–Crippen LogP) is 4.10. The first-order valence-electron chi connectivity index (χ1n) is 6.16. The van der Waals surface area contributed by atoms with Crippen LogP contribution in [0.1, 0.15) is 33.2 Å². The third-order valence-corrected chi connectivity index (χ3v) is 3.23. The van der Waals surface area contributed by atoms with Crippen LogP contribution in [0, 0.1) is 6.92 Å². The van der Waals surface area contributed by atoms with E-state index in [1.165, 1.54) is 6.92 Å². The summed E-state index contributed by atoms with van der Waals surface area (Å²) in [6, 6.07) is 12.0. The lowest BCUT2D eigenvalue weighted by Crippen LogP contribution is -2.12. The summed E-state index contributed by atoms with van der Waals surface area (Å²) in [5, 5.41) is 3.17. The van der Waals surface area contributed by atoms with Crippen LogP contribution in [0.3, 0.4) is 0 Å². The SMILES string of the molecule is CC(=O)c1ccc(NC(=O)c2ccc(C)cc2Cl)cc1. The number of ketones is 1. The van der Waals surface area contributed by atoms with Crippen LogP contribution in [0.25, 0.3) is 0 Å². The average Bonchev–Trinajstić information content (AvgIpc) is 2.39. The Bertz CT molecular complexity index is 663. The number of halogens is 1. The highest BCUT2D eigenvalue weighted by molar-refractivity contribution is 6.34. The molecule has 0 fully saturated rings. The molecule has 0 radical (unpaired) electrons. The van der Waals surface area contributed by atoms with Crippen LogP contribution in [0.5, 0.6) is 0 Å². The maximum Gasteiger partial charge on any atom is 0.257 e. The van der Waals surface area contributed by atoms with E-state index >= 15 is 0 Å². The molecule has 1 amide bonds. The Morgan fingerprint density at radius 1 is 1.05 bits per heavy atom. The second kappa shape index (κ2) is 5.88. The molecule has 0 aliphatic carbocycles. The normalized spacial score (nSPS) is 10.2. The van der Waals surface area contributed by atoms with Gasteiger partial charge in [-0.1, -0.05) is 17.7 Å². The molecule has 0 aliphatic rings. The number of hydrogen-bond acceptors (Lipinski definition) is 2. The van der Waals surface area contributed by atoms with E-state index in [0.29, 0.717) is 21.8 Å². The first kappa shape index (κ1) is 14.3. The first-order chi connectivity index (χ1) is 9.47. The van der Waals surface area contributed by atoms with Crippen molar-refractivity contribution in [3.05, 3.63) is 64.2 Å². The minimum absolute atomic E-state index is 0.00976. The summed E-state index contributed by atoms with van der Waals surface area (Å²) in [5.41, 5.74) is 2.65. The molecule has 0 spiro atoms. The van der Waals surface area contributed by atoms with Gasteiger partial charge in [-0.05, 0) is 55.8 Å². The number of nitrogens with one attached hydrogen (secondary N) is 1. The van der Waals surface area contributed by atoms with E-state index in [9.17, 15) is 9.59 Å². The van der Waals surface area contributed by atoms with Crippen LogP contribution in [0.2, 0.25) is 5.02 Å². The van der Waals surface area contributed by atoms with Crippen molar-refractivity contribution >= 4 is 29.0 Å². The van der Waals surface area contributed by atoms with E-state index < -0.39 is 0 Å². The van der Waals surface area contributed by atoms with Crippen molar-refractivity contribution < 1.29 is 9.59 Å². The fraction of sp³-hybridized carbons (Fsp3) is 0.125. The van der Waals surface area contributed by atoms with Gasteiger partial charge < -0.3 is 5.32 Å². The van der Waals surface area contributed by atoms with Crippen LogP contribution in [0.4, 0.5) is 5.69 Å². The zero-order chi connectivity index (χ0) is 14.7. The Morgan fingerprint density at radius 2 is 1.70 bits per heavy atom.